The van der Waals surface area contributed by atoms with Gasteiger partial charge in [-0.1, -0.05) is 30.3 Å². The van der Waals surface area contributed by atoms with E-state index in [0.29, 0.717) is 34.9 Å². The van der Waals surface area contributed by atoms with E-state index in [1.807, 2.05) is 36.4 Å². The number of pyridine rings is 1. The molecule has 4 unspecified atom stereocenters. The molecule has 4 N–H and O–H groups in total. The van der Waals surface area contributed by atoms with Gasteiger partial charge in [0.15, 0.2) is 35.1 Å². The lowest BCUT2D eigenvalue weighted by atomic mass is 10.1. The fourth-order valence-electron chi connectivity index (χ4n) is 3.88. The number of carbonyl (C=O) groups is 1. The fourth-order valence-corrected chi connectivity index (χ4v) is 3.88. The van der Waals surface area contributed by atoms with E-state index in [4.69, 9.17) is 4.74 Å². The summed E-state index contributed by atoms with van der Waals surface area (Å²) in [4.78, 5) is 30.0. The summed E-state index contributed by atoms with van der Waals surface area (Å²) in [6.07, 6.45) is -0.306. The summed E-state index contributed by atoms with van der Waals surface area (Å²) in [5.41, 5.74) is 2.58. The maximum Gasteiger partial charge on any atom is 0.251 e. The monoisotopic (exact) mass is 461 g/mol. The van der Waals surface area contributed by atoms with Gasteiger partial charge in [-0.05, 0) is 17.7 Å². The zero-order valence-corrected chi connectivity index (χ0v) is 18.2. The first-order chi connectivity index (χ1) is 16.6. The highest BCUT2D eigenvalue weighted by molar-refractivity contribution is 5.85. The van der Waals surface area contributed by atoms with Crippen LogP contribution in [-0.4, -0.2) is 66.0 Å². The number of imidazole rings is 1. The van der Waals surface area contributed by atoms with Gasteiger partial charge in [0, 0.05) is 31.5 Å². The number of ether oxygens (including phenoxy) is 1. The van der Waals surface area contributed by atoms with Crippen LogP contribution in [0.5, 0.6) is 0 Å². The Kier molecular flexibility index (Phi) is 5.88. The summed E-state index contributed by atoms with van der Waals surface area (Å²) in [5.74, 6) is 0.352. The van der Waals surface area contributed by atoms with Gasteiger partial charge in [-0.25, -0.2) is 15.0 Å². The lowest BCUT2D eigenvalue weighted by Crippen LogP contribution is -2.41. The molecule has 1 aliphatic rings. The van der Waals surface area contributed by atoms with Gasteiger partial charge in [-0.15, -0.1) is 0 Å². The Morgan fingerprint density at radius 1 is 1.12 bits per heavy atom. The predicted molar refractivity (Wildman–Crippen MR) is 122 cm³/mol. The molecule has 5 rings (SSSR count). The van der Waals surface area contributed by atoms with Crippen LogP contribution in [-0.2, 0) is 16.1 Å². The Morgan fingerprint density at radius 2 is 1.94 bits per heavy atom. The molecule has 4 atom stereocenters. The van der Waals surface area contributed by atoms with Crippen molar-refractivity contribution in [2.24, 2.45) is 0 Å². The van der Waals surface area contributed by atoms with E-state index < -0.39 is 30.4 Å². The van der Waals surface area contributed by atoms with Crippen LogP contribution in [0.3, 0.4) is 0 Å². The van der Waals surface area contributed by atoms with E-state index in [2.05, 4.69) is 30.6 Å². The van der Waals surface area contributed by atoms with Crippen LogP contribution in [0.1, 0.15) is 11.8 Å². The van der Waals surface area contributed by atoms with Crippen LogP contribution in [0.15, 0.2) is 61.2 Å². The van der Waals surface area contributed by atoms with E-state index in [0.717, 1.165) is 5.56 Å². The van der Waals surface area contributed by atoms with Crippen LogP contribution in [0, 0.1) is 0 Å². The molecule has 3 aromatic heterocycles. The Morgan fingerprint density at radius 3 is 2.68 bits per heavy atom. The zero-order chi connectivity index (χ0) is 23.7. The highest BCUT2D eigenvalue weighted by Crippen LogP contribution is 2.33. The van der Waals surface area contributed by atoms with Crippen molar-refractivity contribution >= 4 is 22.9 Å². The van der Waals surface area contributed by atoms with Gasteiger partial charge in [0.2, 0.25) is 0 Å². The Balaban J connectivity index is 1.57. The second-order valence-corrected chi connectivity index (χ2v) is 7.84. The van der Waals surface area contributed by atoms with Crippen molar-refractivity contribution in [1.82, 2.24) is 29.8 Å². The molecule has 1 amide bonds. The van der Waals surface area contributed by atoms with Crippen molar-refractivity contribution < 1.29 is 19.7 Å². The molecule has 174 valence electrons. The molecular formula is C23H23N7O4. The third kappa shape index (κ3) is 3.96. The molecule has 0 bridgehead atoms. The number of aliphatic hydroxyl groups excluding tert-OH is 2. The number of carbonyl (C=O) groups excluding carboxylic acids is 1. The summed E-state index contributed by atoms with van der Waals surface area (Å²) in [7, 11) is 1.43. The molecule has 1 fully saturated rings. The third-order valence-corrected chi connectivity index (χ3v) is 5.66. The van der Waals surface area contributed by atoms with E-state index in [-0.39, 0.29) is 0 Å². The molecule has 11 heteroatoms. The maximum atomic E-state index is 12.1. The van der Waals surface area contributed by atoms with Gasteiger partial charge >= 0.3 is 0 Å². The van der Waals surface area contributed by atoms with Crippen molar-refractivity contribution in [2.45, 2.75) is 31.1 Å². The smallest absolute Gasteiger partial charge is 0.251 e. The number of aliphatic hydroxyl groups is 2. The van der Waals surface area contributed by atoms with Gasteiger partial charge in [-0.3, -0.25) is 14.3 Å². The summed E-state index contributed by atoms with van der Waals surface area (Å²) >= 11 is 0. The SMILES string of the molecule is CNC(=O)C1OC(n2cnc3c(NCc4ccccc4)nc(-c4cccnc4)nc32)C(O)C1O. The molecule has 1 aromatic carbocycles. The minimum atomic E-state index is -1.40. The number of fused-ring (bicyclic) bond motifs is 1. The fraction of sp³-hybridized carbons (Fsp3) is 0.261. The Labute approximate surface area is 194 Å². The van der Waals surface area contributed by atoms with E-state index in [9.17, 15) is 15.0 Å². The van der Waals surface area contributed by atoms with Crippen molar-refractivity contribution in [3.05, 3.63) is 66.7 Å². The van der Waals surface area contributed by atoms with Crippen molar-refractivity contribution in [3.8, 4) is 11.4 Å². The average molecular weight is 461 g/mol. The molecule has 4 heterocycles. The van der Waals surface area contributed by atoms with Gasteiger partial charge in [0.1, 0.15) is 12.2 Å². The van der Waals surface area contributed by atoms with Crippen molar-refractivity contribution in [3.63, 3.8) is 0 Å². The van der Waals surface area contributed by atoms with Gasteiger partial charge in [-0.2, -0.15) is 0 Å². The van der Waals surface area contributed by atoms with Crippen LogP contribution in [0.2, 0.25) is 0 Å². The number of nitrogens with one attached hydrogen (secondary N) is 2. The van der Waals surface area contributed by atoms with E-state index in [1.165, 1.54) is 17.9 Å². The number of hydrogen-bond donors (Lipinski definition) is 4. The summed E-state index contributed by atoms with van der Waals surface area (Å²) in [5, 5.41) is 26.8. The summed E-state index contributed by atoms with van der Waals surface area (Å²) < 4.78 is 7.23. The van der Waals surface area contributed by atoms with Crippen LogP contribution in [0.4, 0.5) is 5.82 Å². The number of likely N-dealkylation sites (N-methyl/N-ethyl adjacent to an activating group) is 1. The molecule has 1 aliphatic heterocycles. The summed E-state index contributed by atoms with van der Waals surface area (Å²) in [6.45, 7) is 0.506. The molecule has 4 aromatic rings. The number of hydrogen-bond acceptors (Lipinski definition) is 9. The van der Waals surface area contributed by atoms with Crippen molar-refractivity contribution in [2.75, 3.05) is 12.4 Å². The Hall–Kier alpha value is -3.93. The molecule has 0 radical (unpaired) electrons. The van der Waals surface area contributed by atoms with E-state index >= 15 is 0 Å². The topological polar surface area (TPSA) is 147 Å². The second kappa shape index (κ2) is 9.14. The average Bonchev–Trinajstić information content (AvgIpc) is 3.44. The highest BCUT2D eigenvalue weighted by Gasteiger charge is 2.47. The summed E-state index contributed by atoms with van der Waals surface area (Å²) in [6, 6.07) is 13.5. The minimum Gasteiger partial charge on any atom is -0.387 e. The number of aromatic nitrogens is 5. The molecule has 0 spiro atoms. The molecule has 0 saturated carbocycles. The molecular weight excluding hydrogens is 438 g/mol. The predicted octanol–water partition coefficient (Wildman–Crippen LogP) is 0.866. The number of amides is 1. The third-order valence-electron chi connectivity index (χ3n) is 5.66. The minimum absolute atomic E-state index is 0.373. The highest BCUT2D eigenvalue weighted by atomic mass is 16.6. The first-order valence-electron chi connectivity index (χ1n) is 10.7. The largest absolute Gasteiger partial charge is 0.387 e. The van der Waals surface area contributed by atoms with Crippen LogP contribution < -0.4 is 10.6 Å². The number of rotatable bonds is 6. The van der Waals surface area contributed by atoms with Gasteiger partial charge in [0.25, 0.3) is 5.91 Å². The normalized spacial score (nSPS) is 22.1. The number of anilines is 1. The molecule has 34 heavy (non-hydrogen) atoms. The number of nitrogens with zero attached hydrogens (tertiary/aromatic N) is 5. The molecule has 0 aliphatic carbocycles. The number of benzene rings is 1. The van der Waals surface area contributed by atoms with Crippen LogP contribution >= 0.6 is 0 Å². The lowest BCUT2D eigenvalue weighted by molar-refractivity contribution is -0.137. The maximum absolute atomic E-state index is 12.1. The quantitative estimate of drug-likeness (QED) is 0.328. The van der Waals surface area contributed by atoms with Crippen molar-refractivity contribution in [1.29, 1.82) is 0 Å². The lowest BCUT2D eigenvalue weighted by Gasteiger charge is -2.17. The first kappa shape index (κ1) is 21.9. The van der Waals surface area contributed by atoms with Gasteiger partial charge in [0.05, 0.1) is 6.33 Å². The zero-order valence-electron chi connectivity index (χ0n) is 18.2. The Bertz CT molecular complexity index is 1300. The second-order valence-electron chi connectivity index (χ2n) is 7.84. The van der Waals surface area contributed by atoms with E-state index in [1.54, 1.807) is 18.5 Å². The first-order valence-corrected chi connectivity index (χ1v) is 10.7. The van der Waals surface area contributed by atoms with Crippen LogP contribution in [0.25, 0.3) is 22.6 Å². The molecule has 1 saturated heterocycles. The van der Waals surface area contributed by atoms with Gasteiger partial charge < -0.3 is 25.6 Å². The molecule has 11 nitrogen and oxygen atoms in total. The standard InChI is InChI=1S/C23H23N7O4/c1-24-22(33)18-16(31)17(32)23(34-18)30-12-27-15-20(26-10-13-6-3-2-4-7-13)28-19(29-21(15)30)14-8-5-9-25-11-14/h2-9,11-12,16-18,23,31-32H,10H2,1H3,(H,24,33)(H,26,28,29).